The van der Waals surface area contributed by atoms with Crippen molar-refractivity contribution in [2.45, 2.75) is 12.5 Å². The summed E-state index contributed by atoms with van der Waals surface area (Å²) in [6, 6.07) is 21.8. The van der Waals surface area contributed by atoms with Crippen molar-refractivity contribution in [3.8, 4) is 11.5 Å². The van der Waals surface area contributed by atoms with Gasteiger partial charge in [0.2, 0.25) is 0 Å². The van der Waals surface area contributed by atoms with Crippen LogP contribution in [0.2, 0.25) is 5.02 Å². The molecule has 0 spiro atoms. The van der Waals surface area contributed by atoms with Gasteiger partial charge in [-0.2, -0.15) is 5.10 Å². The van der Waals surface area contributed by atoms with E-state index in [1.165, 1.54) is 5.01 Å². The third kappa shape index (κ3) is 6.92. The van der Waals surface area contributed by atoms with E-state index in [0.717, 1.165) is 41.4 Å². The molecule has 0 bridgehead atoms. The van der Waals surface area contributed by atoms with Crippen LogP contribution in [0.5, 0.6) is 11.5 Å². The lowest BCUT2D eigenvalue weighted by Gasteiger charge is -2.31. The Bertz CT molecular complexity index is 1410. The van der Waals surface area contributed by atoms with Gasteiger partial charge in [-0.15, -0.1) is 0 Å². The maximum atomic E-state index is 14.0. The third-order valence-electron chi connectivity index (χ3n) is 7.60. The van der Waals surface area contributed by atoms with Crippen LogP contribution in [-0.2, 0) is 9.53 Å². The molecule has 2 amide bonds. The van der Waals surface area contributed by atoms with Crippen LogP contribution in [0.1, 0.15) is 33.9 Å². The minimum atomic E-state index is -0.336. The summed E-state index contributed by atoms with van der Waals surface area (Å²) in [6.07, 6.45) is 0.524. The molecule has 0 aromatic heterocycles. The molecule has 9 nitrogen and oxygen atoms in total. The Balaban J connectivity index is 1.42. The summed E-state index contributed by atoms with van der Waals surface area (Å²) in [5.74, 6) is 0.903. The van der Waals surface area contributed by atoms with E-state index < -0.39 is 0 Å². The van der Waals surface area contributed by atoms with Crippen molar-refractivity contribution >= 4 is 29.1 Å². The molecule has 0 unspecified atom stereocenters. The van der Waals surface area contributed by atoms with Crippen LogP contribution in [-0.4, -0.2) is 92.5 Å². The number of nitrogens with zero attached hydrogens (tertiary/aromatic N) is 4. The van der Waals surface area contributed by atoms with Gasteiger partial charge in [-0.25, -0.2) is 5.01 Å². The van der Waals surface area contributed by atoms with E-state index in [1.807, 2.05) is 48.5 Å². The quantitative estimate of drug-likeness (QED) is 0.346. The lowest BCUT2D eigenvalue weighted by atomic mass is 9.98. The second-order valence-electron chi connectivity index (χ2n) is 10.2. The van der Waals surface area contributed by atoms with Gasteiger partial charge < -0.3 is 19.1 Å². The minimum absolute atomic E-state index is 0.138. The van der Waals surface area contributed by atoms with Crippen molar-refractivity contribution < 1.29 is 23.8 Å². The Morgan fingerprint density at radius 3 is 2.24 bits per heavy atom. The van der Waals surface area contributed by atoms with Crippen LogP contribution in [0.4, 0.5) is 0 Å². The average molecular weight is 591 g/mol. The summed E-state index contributed by atoms with van der Waals surface area (Å²) < 4.78 is 16.1. The van der Waals surface area contributed by atoms with Gasteiger partial charge in [0.1, 0.15) is 18.0 Å². The minimum Gasteiger partial charge on any atom is -0.497 e. The van der Waals surface area contributed by atoms with Gasteiger partial charge >= 0.3 is 0 Å². The van der Waals surface area contributed by atoms with E-state index >= 15 is 0 Å². The number of halogens is 1. The molecule has 220 valence electrons. The number of hydrogen-bond acceptors (Lipinski definition) is 7. The van der Waals surface area contributed by atoms with Crippen LogP contribution in [0.25, 0.3) is 0 Å². The van der Waals surface area contributed by atoms with Gasteiger partial charge in [0, 0.05) is 32.6 Å². The largest absolute Gasteiger partial charge is 0.497 e. The van der Waals surface area contributed by atoms with Gasteiger partial charge in [0.15, 0.2) is 0 Å². The number of ether oxygens (including phenoxy) is 3. The highest BCUT2D eigenvalue weighted by molar-refractivity contribution is 6.33. The van der Waals surface area contributed by atoms with E-state index in [1.54, 1.807) is 43.4 Å². The highest BCUT2D eigenvalue weighted by atomic mass is 35.5. The zero-order chi connectivity index (χ0) is 29.5. The maximum Gasteiger partial charge on any atom is 0.262 e. The molecular formula is C32H35ClN4O5. The van der Waals surface area contributed by atoms with E-state index in [9.17, 15) is 9.59 Å². The summed E-state index contributed by atoms with van der Waals surface area (Å²) in [5, 5.41) is 6.67. The first-order valence-corrected chi connectivity index (χ1v) is 14.4. The number of methoxy groups -OCH3 is 2. The van der Waals surface area contributed by atoms with Crippen LogP contribution >= 0.6 is 11.6 Å². The van der Waals surface area contributed by atoms with Crippen molar-refractivity contribution in [1.29, 1.82) is 0 Å². The number of morpholine rings is 1. The highest BCUT2D eigenvalue weighted by Gasteiger charge is 2.35. The normalized spacial score (nSPS) is 17.1. The standard InChI is InChI=1S/C32H35ClN4O5/c1-40-25-11-7-23(8-12-25)29-21-30(24-9-13-26(41-2)14-10-24)37(34-29)31(38)22-36(16-15-35-17-19-42-20-18-35)32(39)27-5-3-4-6-28(27)33/h3-14,30H,15-22H2,1-2H3/t30-/m1/s1. The third-order valence-corrected chi connectivity index (χ3v) is 7.93. The number of hydrogen-bond donors (Lipinski definition) is 0. The molecule has 1 fully saturated rings. The zero-order valence-corrected chi connectivity index (χ0v) is 24.6. The van der Waals surface area contributed by atoms with Crippen LogP contribution in [0, 0.1) is 0 Å². The number of carbonyl (C=O) groups excluding carboxylic acids is 2. The number of amides is 2. The molecule has 10 heteroatoms. The fraction of sp³-hybridized carbons (Fsp3) is 0.344. The van der Waals surface area contributed by atoms with Crippen LogP contribution < -0.4 is 9.47 Å². The number of carbonyl (C=O) groups is 2. The first-order valence-electron chi connectivity index (χ1n) is 14.0. The first kappa shape index (κ1) is 29.6. The van der Waals surface area contributed by atoms with Gasteiger partial charge in [0.05, 0.1) is 49.8 Å². The van der Waals surface area contributed by atoms with Crippen LogP contribution in [0.15, 0.2) is 77.9 Å². The van der Waals surface area contributed by atoms with Crippen molar-refractivity contribution in [2.75, 3.05) is 60.2 Å². The predicted octanol–water partition coefficient (Wildman–Crippen LogP) is 4.51. The molecule has 0 radical (unpaired) electrons. The van der Waals surface area contributed by atoms with Crippen LogP contribution in [0.3, 0.4) is 0 Å². The van der Waals surface area contributed by atoms with Gasteiger partial charge in [0.25, 0.3) is 11.8 Å². The highest BCUT2D eigenvalue weighted by Crippen LogP contribution is 2.34. The second kappa shape index (κ2) is 13.8. The molecule has 0 saturated carbocycles. The molecule has 2 aliphatic heterocycles. The summed E-state index contributed by atoms with van der Waals surface area (Å²) in [6.45, 7) is 3.71. The van der Waals surface area contributed by atoms with Crippen molar-refractivity contribution in [2.24, 2.45) is 5.10 Å². The van der Waals surface area contributed by atoms with E-state index in [4.69, 9.17) is 30.9 Å². The molecule has 0 aliphatic carbocycles. The maximum absolute atomic E-state index is 14.0. The molecule has 3 aromatic rings. The first-order chi connectivity index (χ1) is 20.5. The zero-order valence-electron chi connectivity index (χ0n) is 23.9. The Kier molecular flexibility index (Phi) is 9.74. The van der Waals surface area contributed by atoms with E-state index in [2.05, 4.69) is 4.90 Å². The molecule has 42 heavy (non-hydrogen) atoms. The molecule has 2 aliphatic rings. The SMILES string of the molecule is COc1ccc(C2=NN(C(=O)CN(CCN3CCOCC3)C(=O)c3ccccc3Cl)[C@@H](c3ccc(OC)cc3)C2)cc1. The fourth-order valence-electron chi connectivity index (χ4n) is 5.16. The Labute approximate surface area is 251 Å². The van der Waals surface area contributed by atoms with Crippen molar-refractivity contribution in [3.05, 3.63) is 94.5 Å². The molecular weight excluding hydrogens is 556 g/mol. The number of hydrazone groups is 1. The van der Waals surface area contributed by atoms with E-state index in [0.29, 0.717) is 43.3 Å². The average Bonchev–Trinajstić information content (AvgIpc) is 3.49. The monoisotopic (exact) mass is 590 g/mol. The lowest BCUT2D eigenvalue weighted by Crippen LogP contribution is -2.46. The lowest BCUT2D eigenvalue weighted by molar-refractivity contribution is -0.133. The molecule has 1 atom stereocenters. The second-order valence-corrected chi connectivity index (χ2v) is 10.6. The Hall–Kier alpha value is -3.92. The fourth-order valence-corrected chi connectivity index (χ4v) is 5.38. The summed E-state index contributed by atoms with van der Waals surface area (Å²) >= 11 is 6.40. The topological polar surface area (TPSA) is 83.9 Å². The predicted molar refractivity (Wildman–Crippen MR) is 161 cm³/mol. The molecule has 1 saturated heterocycles. The summed E-state index contributed by atoms with van der Waals surface area (Å²) in [5.41, 5.74) is 2.98. The molecule has 5 rings (SSSR count). The van der Waals surface area contributed by atoms with Gasteiger partial charge in [-0.3, -0.25) is 14.5 Å². The summed E-state index contributed by atoms with van der Waals surface area (Å²) in [7, 11) is 3.24. The van der Waals surface area contributed by atoms with Gasteiger partial charge in [-0.1, -0.05) is 35.9 Å². The Morgan fingerprint density at radius 2 is 1.60 bits per heavy atom. The smallest absolute Gasteiger partial charge is 0.262 e. The molecule has 0 N–H and O–H groups in total. The Morgan fingerprint density at radius 1 is 0.952 bits per heavy atom. The van der Waals surface area contributed by atoms with Gasteiger partial charge in [-0.05, 0) is 59.7 Å². The molecule has 2 heterocycles. The molecule has 3 aromatic carbocycles. The van der Waals surface area contributed by atoms with Crippen molar-refractivity contribution in [1.82, 2.24) is 14.8 Å². The van der Waals surface area contributed by atoms with E-state index in [-0.39, 0.29) is 24.4 Å². The van der Waals surface area contributed by atoms with Crippen molar-refractivity contribution in [3.63, 3.8) is 0 Å². The number of benzene rings is 3. The summed E-state index contributed by atoms with van der Waals surface area (Å²) in [4.78, 5) is 31.6. The number of rotatable bonds is 10.